The van der Waals surface area contributed by atoms with Crippen molar-refractivity contribution in [3.63, 3.8) is 0 Å². The summed E-state index contributed by atoms with van der Waals surface area (Å²) in [5.41, 5.74) is 4.22. The maximum Gasteiger partial charge on any atom is 0.328 e. The van der Waals surface area contributed by atoms with Crippen molar-refractivity contribution in [1.82, 2.24) is 0 Å². The number of anilines is 3. The number of carbonyl (C=O) groups is 3. The highest BCUT2D eigenvalue weighted by molar-refractivity contribution is 6.13. The van der Waals surface area contributed by atoms with Gasteiger partial charge >= 0.3 is 5.97 Å². The van der Waals surface area contributed by atoms with E-state index in [9.17, 15) is 19.5 Å². The van der Waals surface area contributed by atoms with E-state index in [4.69, 9.17) is 0 Å². The van der Waals surface area contributed by atoms with Crippen LogP contribution < -0.4 is 9.80 Å². The fourth-order valence-electron chi connectivity index (χ4n) is 5.87. The lowest BCUT2D eigenvalue weighted by atomic mass is 9.97. The molecule has 2 amide bonds. The molecule has 0 aromatic heterocycles. The Balaban J connectivity index is 1.41. The van der Waals surface area contributed by atoms with Gasteiger partial charge in [0.05, 0.1) is 11.4 Å². The van der Waals surface area contributed by atoms with Crippen molar-refractivity contribution in [3.8, 4) is 11.1 Å². The monoisotopic (exact) mass is 628 g/mol. The maximum atomic E-state index is 15.2. The molecule has 1 heterocycles. The van der Waals surface area contributed by atoms with Crippen LogP contribution in [0.5, 0.6) is 0 Å². The zero-order chi connectivity index (χ0) is 33.1. The number of carbonyl (C=O) groups excluding carboxylic acids is 2. The number of carboxylic acids is 1. The third kappa shape index (κ3) is 6.31. The minimum absolute atomic E-state index is 0.0187. The van der Waals surface area contributed by atoms with Crippen molar-refractivity contribution in [2.45, 2.75) is 19.3 Å². The number of hydrogen-bond donors (Lipinski definition) is 1. The molecule has 234 valence electrons. The summed E-state index contributed by atoms with van der Waals surface area (Å²) in [6.07, 6.45) is -0.242. The van der Waals surface area contributed by atoms with E-state index in [0.29, 0.717) is 23.0 Å². The topological polar surface area (TPSA) is 77.9 Å². The van der Waals surface area contributed by atoms with Crippen LogP contribution in [0.1, 0.15) is 38.3 Å². The lowest BCUT2D eigenvalue weighted by Gasteiger charge is -2.27. The van der Waals surface area contributed by atoms with Gasteiger partial charge in [0.1, 0.15) is 0 Å². The summed E-state index contributed by atoms with van der Waals surface area (Å²) >= 11 is 0. The summed E-state index contributed by atoms with van der Waals surface area (Å²) in [7, 11) is 0. The van der Waals surface area contributed by atoms with Gasteiger partial charge in [-0.1, -0.05) is 84.4 Å². The van der Waals surface area contributed by atoms with Crippen molar-refractivity contribution < 1.29 is 28.3 Å². The third-order valence-electron chi connectivity index (χ3n) is 8.11. The molecule has 6 nitrogen and oxygen atoms in total. The molecule has 1 N–H and O–H groups in total. The number of aryl methyl sites for hydroxylation is 1. The number of halogens is 2. The molecular weight excluding hydrogens is 598 g/mol. The first kappa shape index (κ1) is 31.1. The summed E-state index contributed by atoms with van der Waals surface area (Å²) in [5.74, 6) is -5.76. The number of nitrogens with zero attached hydrogens (tertiary/aromatic N) is 2. The molecule has 47 heavy (non-hydrogen) atoms. The molecule has 1 aliphatic heterocycles. The largest absolute Gasteiger partial charge is 0.478 e. The van der Waals surface area contributed by atoms with Gasteiger partial charge in [0, 0.05) is 52.6 Å². The first-order valence-corrected chi connectivity index (χ1v) is 15.0. The second-order valence-electron chi connectivity index (χ2n) is 11.3. The molecule has 0 unspecified atom stereocenters. The van der Waals surface area contributed by atoms with Crippen LogP contribution in [0.25, 0.3) is 16.7 Å². The van der Waals surface area contributed by atoms with E-state index in [1.165, 1.54) is 23.1 Å². The molecule has 0 atom stereocenters. The summed E-state index contributed by atoms with van der Waals surface area (Å²) in [4.78, 5) is 42.3. The van der Waals surface area contributed by atoms with Gasteiger partial charge in [-0.15, -0.1) is 0 Å². The van der Waals surface area contributed by atoms with E-state index in [-0.39, 0.29) is 29.3 Å². The van der Waals surface area contributed by atoms with Crippen molar-refractivity contribution in [2.75, 3.05) is 16.3 Å². The number of para-hydroxylation sites is 2. The van der Waals surface area contributed by atoms with E-state index >= 15 is 8.78 Å². The third-order valence-corrected chi connectivity index (χ3v) is 8.11. The van der Waals surface area contributed by atoms with Crippen LogP contribution in [0.15, 0.2) is 133 Å². The van der Waals surface area contributed by atoms with Crippen molar-refractivity contribution >= 4 is 40.4 Å². The second-order valence-corrected chi connectivity index (χ2v) is 11.3. The zero-order valence-corrected chi connectivity index (χ0v) is 25.4. The van der Waals surface area contributed by atoms with Crippen LogP contribution in [-0.4, -0.2) is 35.4 Å². The molecule has 0 aliphatic carbocycles. The number of hydrogen-bond acceptors (Lipinski definition) is 3. The fourth-order valence-corrected chi connectivity index (χ4v) is 5.87. The summed E-state index contributed by atoms with van der Waals surface area (Å²) in [6.45, 7) is 1.67. The Morgan fingerprint density at radius 3 is 2.13 bits per heavy atom. The molecule has 0 saturated heterocycles. The van der Waals surface area contributed by atoms with Gasteiger partial charge in [-0.05, 0) is 61.0 Å². The molecule has 0 spiro atoms. The molecular formula is C39H30F2N2O4. The normalized spacial score (nSPS) is 14.6. The highest BCUT2D eigenvalue weighted by Crippen LogP contribution is 2.43. The van der Waals surface area contributed by atoms with Gasteiger partial charge in [0.25, 0.3) is 17.7 Å². The van der Waals surface area contributed by atoms with Gasteiger partial charge in [0.15, 0.2) is 0 Å². The number of amides is 2. The number of benzene rings is 5. The lowest BCUT2D eigenvalue weighted by Crippen LogP contribution is -2.33. The Bertz CT molecular complexity index is 2010. The van der Waals surface area contributed by atoms with Gasteiger partial charge in [-0.3, -0.25) is 14.5 Å². The van der Waals surface area contributed by atoms with Crippen LogP contribution in [0.4, 0.5) is 25.8 Å². The first-order valence-electron chi connectivity index (χ1n) is 15.0. The highest BCUT2D eigenvalue weighted by Gasteiger charge is 2.41. The predicted molar refractivity (Wildman–Crippen MR) is 179 cm³/mol. The van der Waals surface area contributed by atoms with E-state index < -0.39 is 29.8 Å². The minimum atomic E-state index is -3.46. The Kier molecular flexibility index (Phi) is 8.50. The molecule has 1 aliphatic rings. The SMILES string of the molecule is Cc1cccc(-c2ccccc2N(C(=O)c2ccccc2)c2ccc(C(=O)N3CCC(F)(F)C(=CC(=O)O)c4ccccc43)cc2)c1. The number of aliphatic carboxylic acids is 1. The molecule has 0 fully saturated rings. The van der Waals surface area contributed by atoms with Crippen LogP contribution >= 0.6 is 0 Å². The van der Waals surface area contributed by atoms with Gasteiger partial charge in [-0.25, -0.2) is 13.6 Å². The molecule has 0 bridgehead atoms. The van der Waals surface area contributed by atoms with Crippen LogP contribution in [0.3, 0.4) is 0 Å². The Labute approximate surface area is 270 Å². The van der Waals surface area contributed by atoms with Crippen LogP contribution in [-0.2, 0) is 4.79 Å². The summed E-state index contributed by atoms with van der Waals surface area (Å²) < 4.78 is 30.4. The van der Waals surface area contributed by atoms with Crippen LogP contribution in [0.2, 0.25) is 0 Å². The smallest absolute Gasteiger partial charge is 0.328 e. The van der Waals surface area contributed by atoms with Crippen molar-refractivity contribution in [2.24, 2.45) is 0 Å². The maximum absolute atomic E-state index is 15.2. The number of carboxylic acid groups (broad SMARTS) is 1. The van der Waals surface area contributed by atoms with E-state index in [2.05, 4.69) is 0 Å². The van der Waals surface area contributed by atoms with Gasteiger partial charge in [0.2, 0.25) is 0 Å². The van der Waals surface area contributed by atoms with Gasteiger partial charge < -0.3 is 10.0 Å². The molecule has 6 rings (SSSR count). The molecule has 0 saturated carbocycles. The molecule has 0 radical (unpaired) electrons. The Morgan fingerprint density at radius 1 is 0.766 bits per heavy atom. The standard InChI is InChI=1S/C39H30F2N2O4/c1-26-10-9-13-29(24-26)31-14-5-8-17-35(31)43(38(47)27-11-3-2-4-12-27)30-20-18-28(19-21-30)37(46)42-23-22-39(40,41)33(25-36(44)45)32-15-6-7-16-34(32)42/h2-21,24-25H,22-23H2,1H3,(H,44,45). The predicted octanol–water partition coefficient (Wildman–Crippen LogP) is 8.79. The molecule has 8 heteroatoms. The Hall–Kier alpha value is -5.89. The fraction of sp³-hybridized carbons (Fsp3) is 0.103. The van der Waals surface area contributed by atoms with Gasteiger partial charge in [-0.2, -0.15) is 0 Å². The number of rotatable bonds is 6. The quantitative estimate of drug-likeness (QED) is 0.191. The highest BCUT2D eigenvalue weighted by atomic mass is 19.3. The summed E-state index contributed by atoms with van der Waals surface area (Å²) in [6, 6.07) is 37.0. The van der Waals surface area contributed by atoms with E-state index in [0.717, 1.165) is 16.7 Å². The number of allylic oxidation sites excluding steroid dienone is 1. The Morgan fingerprint density at radius 2 is 1.43 bits per heavy atom. The first-order chi connectivity index (χ1) is 22.6. The van der Waals surface area contributed by atoms with Crippen molar-refractivity contribution in [3.05, 3.63) is 156 Å². The van der Waals surface area contributed by atoms with Crippen molar-refractivity contribution in [1.29, 1.82) is 0 Å². The average Bonchev–Trinajstić information content (AvgIpc) is 3.18. The molecule has 5 aromatic rings. The second kappa shape index (κ2) is 12.8. The number of alkyl halides is 2. The van der Waals surface area contributed by atoms with E-state index in [1.807, 2.05) is 61.5 Å². The zero-order valence-electron chi connectivity index (χ0n) is 25.4. The summed E-state index contributed by atoms with van der Waals surface area (Å²) in [5, 5.41) is 9.31. The molecule has 5 aromatic carbocycles. The lowest BCUT2D eigenvalue weighted by molar-refractivity contribution is -0.131. The van der Waals surface area contributed by atoms with E-state index in [1.54, 1.807) is 59.5 Å². The van der Waals surface area contributed by atoms with Crippen LogP contribution in [0, 0.1) is 6.92 Å². The average molecular weight is 629 g/mol. The minimum Gasteiger partial charge on any atom is -0.478 e. The number of fused-ring (bicyclic) bond motifs is 1.